The van der Waals surface area contributed by atoms with Crippen molar-refractivity contribution in [2.45, 2.75) is 45.2 Å². The van der Waals surface area contributed by atoms with Crippen LogP contribution in [0.25, 0.3) is 0 Å². The van der Waals surface area contributed by atoms with Crippen LogP contribution in [0.5, 0.6) is 0 Å². The number of fused-ring (bicyclic) bond motifs is 2. The maximum Gasteiger partial charge on any atom is 0.0595 e. The molecular weight excluding hydrogens is 165 g/mol. The van der Waals surface area contributed by atoms with E-state index < -0.39 is 0 Å². The van der Waals surface area contributed by atoms with Gasteiger partial charge in [-0.1, -0.05) is 26.0 Å². The molecule has 2 aliphatic rings. The molecule has 1 nitrogen and oxygen atoms in total. The summed E-state index contributed by atoms with van der Waals surface area (Å²) in [6, 6.07) is 0.0637. The van der Waals surface area contributed by atoms with E-state index in [1.165, 1.54) is 0 Å². The highest BCUT2D eigenvalue weighted by molar-refractivity contribution is 5.20. The number of rotatable bonds is 2. The van der Waals surface area contributed by atoms with Crippen LogP contribution in [0.3, 0.4) is 0 Å². The largest absolute Gasteiger partial charge is 0.133 e. The summed E-state index contributed by atoms with van der Waals surface area (Å²) in [5, 5.41) is 1.08. The van der Waals surface area contributed by atoms with E-state index >= 15 is 0 Å². The summed E-state index contributed by atoms with van der Waals surface area (Å²) in [6.45, 7) is 6.38. The molecule has 2 heteroatoms. The lowest BCUT2D eigenvalue weighted by atomic mass is 9.81. The highest BCUT2D eigenvalue weighted by Gasteiger charge is 2.52. The molecule has 0 saturated carbocycles. The number of hydrogen-bond acceptors (Lipinski definition) is 1. The normalized spacial score (nSPS) is 43.8. The zero-order chi connectivity index (χ0) is 9.64. The quantitative estimate of drug-likeness (QED) is 0.470. The topological polar surface area (TPSA) is 3.24 Å². The van der Waals surface area contributed by atoms with Crippen LogP contribution in [0.15, 0.2) is 12.2 Å². The molecule has 3 atom stereocenters. The van der Waals surface area contributed by atoms with E-state index in [1.807, 2.05) is 6.08 Å². The van der Waals surface area contributed by atoms with Crippen molar-refractivity contribution in [1.82, 2.24) is 5.12 Å². The van der Waals surface area contributed by atoms with E-state index in [2.05, 4.69) is 26.8 Å². The van der Waals surface area contributed by atoms with Gasteiger partial charge in [-0.25, -0.2) is 0 Å². The van der Waals surface area contributed by atoms with Crippen molar-refractivity contribution in [3.05, 3.63) is 12.2 Å². The molecule has 0 N–H and O–H groups in total. The van der Waals surface area contributed by atoms with Gasteiger partial charge >= 0.3 is 0 Å². The molecule has 0 aromatic heterocycles. The van der Waals surface area contributed by atoms with E-state index in [9.17, 15) is 4.48 Å². The summed E-state index contributed by atoms with van der Waals surface area (Å²) in [4.78, 5) is 0. The molecule has 0 aromatic carbocycles. The smallest absolute Gasteiger partial charge is 0.0595 e. The van der Waals surface area contributed by atoms with Crippen molar-refractivity contribution in [2.24, 2.45) is 11.8 Å². The third kappa shape index (κ3) is 1.23. The molecule has 2 rings (SSSR count). The number of hydrogen-bond donors (Lipinski definition) is 0. The van der Waals surface area contributed by atoms with Gasteiger partial charge in [-0.05, 0) is 31.6 Å². The molecule has 1 aliphatic heterocycles. The molecule has 0 spiro atoms. The van der Waals surface area contributed by atoms with Crippen LogP contribution in [-0.4, -0.2) is 16.7 Å². The third-order valence-corrected chi connectivity index (χ3v) is 3.46. The summed E-state index contributed by atoms with van der Waals surface area (Å²) >= 11 is 0. The van der Waals surface area contributed by atoms with Gasteiger partial charge in [0.2, 0.25) is 0 Å². The minimum absolute atomic E-state index is 0.0637. The zero-order valence-electron chi connectivity index (χ0n) is 8.63. The van der Waals surface area contributed by atoms with Gasteiger partial charge in [-0.15, -0.1) is 9.60 Å². The average molecular weight is 183 g/mol. The van der Waals surface area contributed by atoms with Gasteiger partial charge in [0.05, 0.1) is 11.6 Å². The van der Waals surface area contributed by atoms with Gasteiger partial charge in [0, 0.05) is 0 Å². The Morgan fingerprint density at radius 1 is 1.54 bits per heavy atom. The molecule has 13 heavy (non-hydrogen) atoms. The maximum atomic E-state index is 13.8. The van der Waals surface area contributed by atoms with Gasteiger partial charge < -0.3 is 0 Å². The molecular formula is C11H18FN. The van der Waals surface area contributed by atoms with Crippen LogP contribution in [0.1, 0.15) is 33.6 Å². The Balaban J connectivity index is 2.18. The van der Waals surface area contributed by atoms with Gasteiger partial charge in [0.1, 0.15) is 0 Å². The molecule has 0 aromatic rings. The number of halogens is 1. The first-order valence-corrected chi connectivity index (χ1v) is 5.17. The van der Waals surface area contributed by atoms with Crippen LogP contribution in [-0.2, 0) is 0 Å². The van der Waals surface area contributed by atoms with E-state index in [1.54, 1.807) is 0 Å². The Morgan fingerprint density at radius 2 is 2.23 bits per heavy atom. The van der Waals surface area contributed by atoms with Crippen molar-refractivity contribution in [2.75, 3.05) is 0 Å². The van der Waals surface area contributed by atoms with Crippen LogP contribution in [0.2, 0.25) is 0 Å². The Morgan fingerprint density at radius 3 is 2.69 bits per heavy atom. The van der Waals surface area contributed by atoms with Crippen LogP contribution >= 0.6 is 0 Å². The van der Waals surface area contributed by atoms with Gasteiger partial charge in [0.15, 0.2) is 0 Å². The minimum atomic E-state index is -0.229. The predicted molar refractivity (Wildman–Crippen MR) is 51.8 cm³/mol. The molecule has 2 bridgehead atoms. The fraction of sp³-hybridized carbons (Fsp3) is 0.818. The van der Waals surface area contributed by atoms with E-state index in [0.717, 1.165) is 18.0 Å². The zero-order valence-corrected chi connectivity index (χ0v) is 8.63. The first-order chi connectivity index (χ1) is 6.04. The van der Waals surface area contributed by atoms with Crippen molar-refractivity contribution in [3.63, 3.8) is 0 Å². The molecule has 1 fully saturated rings. The minimum Gasteiger partial charge on any atom is -0.133 e. The van der Waals surface area contributed by atoms with Crippen molar-refractivity contribution < 1.29 is 4.48 Å². The second kappa shape index (κ2) is 2.81. The molecule has 3 unspecified atom stereocenters. The van der Waals surface area contributed by atoms with Crippen molar-refractivity contribution in [3.8, 4) is 0 Å². The lowest BCUT2D eigenvalue weighted by Gasteiger charge is -2.37. The Hall–Kier alpha value is -0.370. The Labute approximate surface area is 79.5 Å². The molecule has 0 radical (unpaired) electrons. The fourth-order valence-corrected chi connectivity index (χ4v) is 2.91. The highest BCUT2D eigenvalue weighted by Crippen LogP contribution is 2.48. The highest BCUT2D eigenvalue weighted by atomic mass is 19.2. The van der Waals surface area contributed by atoms with E-state index in [0.29, 0.717) is 11.8 Å². The Kier molecular flexibility index (Phi) is 1.99. The monoisotopic (exact) mass is 183 g/mol. The van der Waals surface area contributed by atoms with Gasteiger partial charge in [-0.3, -0.25) is 0 Å². The first-order valence-electron chi connectivity index (χ1n) is 5.17. The number of nitrogens with zero attached hydrogens (tertiary/aromatic N) is 1. The Bertz CT molecular complexity index is 236. The summed E-state index contributed by atoms with van der Waals surface area (Å²) in [6.07, 6.45) is 6.14. The fourth-order valence-electron chi connectivity index (χ4n) is 2.91. The molecule has 1 saturated heterocycles. The van der Waals surface area contributed by atoms with E-state index in [-0.39, 0.29) is 11.6 Å². The lowest BCUT2D eigenvalue weighted by molar-refractivity contribution is -0.0848. The summed E-state index contributed by atoms with van der Waals surface area (Å²) < 4.78 is 13.8. The van der Waals surface area contributed by atoms with Crippen LogP contribution in [0.4, 0.5) is 4.48 Å². The molecule has 74 valence electrons. The second-order valence-electron chi connectivity index (χ2n) is 5.06. The SMILES string of the molecule is CC(C)CC1(C)C2C=CC(C2)N1F. The molecule has 1 heterocycles. The average Bonchev–Trinajstić information content (AvgIpc) is 2.54. The van der Waals surface area contributed by atoms with Gasteiger partial charge in [0.25, 0.3) is 0 Å². The third-order valence-electron chi connectivity index (χ3n) is 3.46. The first kappa shape index (κ1) is 9.20. The summed E-state index contributed by atoms with van der Waals surface area (Å²) in [7, 11) is 0. The van der Waals surface area contributed by atoms with Gasteiger partial charge in [-0.2, -0.15) is 0 Å². The van der Waals surface area contributed by atoms with E-state index in [4.69, 9.17) is 0 Å². The predicted octanol–water partition coefficient (Wildman–Crippen LogP) is 2.94. The van der Waals surface area contributed by atoms with Crippen LogP contribution < -0.4 is 0 Å². The molecule has 1 aliphatic carbocycles. The van der Waals surface area contributed by atoms with Crippen molar-refractivity contribution in [1.29, 1.82) is 0 Å². The van der Waals surface area contributed by atoms with Crippen LogP contribution in [0, 0.1) is 11.8 Å². The summed E-state index contributed by atoms with van der Waals surface area (Å²) in [5.41, 5.74) is -0.229. The molecule has 0 amide bonds. The summed E-state index contributed by atoms with van der Waals surface area (Å²) in [5.74, 6) is 1.00. The lowest BCUT2D eigenvalue weighted by Crippen LogP contribution is -2.45. The standard InChI is InChI=1S/C11H18FN/c1-8(2)7-11(3)9-4-5-10(6-9)13(11)12/h4-5,8-10H,6-7H2,1-3H3. The van der Waals surface area contributed by atoms with Crippen molar-refractivity contribution >= 4 is 0 Å². The maximum absolute atomic E-state index is 13.8. The second-order valence-corrected chi connectivity index (χ2v) is 5.06.